The molecule has 0 saturated carbocycles. The summed E-state index contributed by atoms with van der Waals surface area (Å²) in [6, 6.07) is 0. The molecule has 0 aromatic heterocycles. The molecular formula is C52H90N2O16P2Tc. The average Bonchev–Trinajstić information content (AvgIpc) is 3.84. The van der Waals surface area contributed by atoms with Crippen LogP contribution in [0.1, 0.15) is 105 Å². The molecule has 8 saturated heterocycles. The molecule has 21 heteroatoms. The van der Waals surface area contributed by atoms with Crippen LogP contribution in [0.2, 0.25) is 0 Å². The number of hydrogen-bond acceptors (Lipinski definition) is 16. The minimum atomic E-state index is -0.744. The third-order valence-electron chi connectivity index (χ3n) is 13.5. The van der Waals surface area contributed by atoms with E-state index in [9.17, 15) is 9.59 Å². The summed E-state index contributed by atoms with van der Waals surface area (Å²) < 4.78 is 79.3. The van der Waals surface area contributed by atoms with Crippen molar-refractivity contribution in [3.8, 4) is 0 Å². The molecule has 8 heterocycles. The number of carbonyl (C=O) groups is 2. The van der Waals surface area contributed by atoms with Crippen LogP contribution >= 0.6 is 15.8 Å². The summed E-state index contributed by atoms with van der Waals surface area (Å²) in [5, 5.41) is 8.36. The zero-order valence-corrected chi connectivity index (χ0v) is 48.3. The van der Waals surface area contributed by atoms with Gasteiger partial charge in [-0.05, 0) is 66.2 Å². The molecular weight excluding hydrogens is 1070 g/mol. The zero-order chi connectivity index (χ0) is 50.7. The Hall–Kier alpha value is -0.631. The van der Waals surface area contributed by atoms with Crippen LogP contribution in [0.3, 0.4) is 0 Å². The van der Waals surface area contributed by atoms with Crippen LogP contribution in [0, 0.1) is 0 Å². The minimum Gasteiger partial charge on any atom is -0.691 e. The van der Waals surface area contributed by atoms with Crippen LogP contribution in [-0.2, 0) is 96.0 Å². The van der Waals surface area contributed by atoms with E-state index in [-0.39, 0.29) is 69.4 Å². The smallest absolute Gasteiger partial charge is 0.190 e. The first-order chi connectivity index (χ1) is 35.0. The summed E-state index contributed by atoms with van der Waals surface area (Å²) in [6.07, 6.45) is 22.5. The normalized spacial score (nSPS) is 25.1. The van der Waals surface area contributed by atoms with Crippen LogP contribution in [0.4, 0.5) is 0 Å². The number of ether oxygens (including phenoxy) is 14. The van der Waals surface area contributed by atoms with Gasteiger partial charge in [-0.15, -0.1) is 13.1 Å². The van der Waals surface area contributed by atoms with Crippen molar-refractivity contribution >= 4 is 27.4 Å². The predicted molar refractivity (Wildman–Crippen MR) is 278 cm³/mol. The van der Waals surface area contributed by atoms with Gasteiger partial charge in [0.05, 0.1) is 129 Å². The zero-order valence-electron chi connectivity index (χ0n) is 44.5. The molecule has 0 amide bonds. The van der Waals surface area contributed by atoms with Crippen LogP contribution in [0.25, 0.3) is 10.6 Å². The Kier molecular flexibility index (Phi) is 31.0. The predicted octanol–water partition coefficient (Wildman–Crippen LogP) is 7.57. The van der Waals surface area contributed by atoms with E-state index in [4.69, 9.17) is 66.3 Å². The molecule has 8 aliphatic rings. The monoisotopic (exact) mass is 1160 g/mol. The summed E-state index contributed by atoms with van der Waals surface area (Å²) in [4.78, 5) is 23.8. The van der Waals surface area contributed by atoms with Gasteiger partial charge in [-0.25, -0.2) is 0 Å². The molecule has 8 fully saturated rings. The first kappa shape index (κ1) is 63.2. The van der Waals surface area contributed by atoms with E-state index >= 15 is 0 Å². The Labute approximate surface area is 451 Å². The van der Waals surface area contributed by atoms with Crippen molar-refractivity contribution in [2.45, 2.75) is 154 Å². The molecule has 18 nitrogen and oxygen atoms in total. The van der Waals surface area contributed by atoms with Crippen LogP contribution < -0.4 is 0 Å². The molecule has 0 aromatic carbocycles. The molecule has 73 heavy (non-hydrogen) atoms. The van der Waals surface area contributed by atoms with E-state index in [0.29, 0.717) is 37.4 Å². The minimum absolute atomic E-state index is 0. The van der Waals surface area contributed by atoms with Gasteiger partial charge in [0.15, 0.2) is 49.3 Å². The van der Waals surface area contributed by atoms with Gasteiger partial charge < -0.3 is 76.9 Å². The van der Waals surface area contributed by atoms with Gasteiger partial charge in [-0.1, -0.05) is 0 Å². The fourth-order valence-corrected chi connectivity index (χ4v) is 14.5. The van der Waals surface area contributed by atoms with E-state index in [1.807, 2.05) is 0 Å². The Morgan fingerprint density at radius 1 is 0.397 bits per heavy atom. The molecule has 0 N–H and O–H groups in total. The molecule has 421 valence electrons. The largest absolute Gasteiger partial charge is 0.691 e. The second kappa shape index (κ2) is 35.8. The summed E-state index contributed by atoms with van der Waals surface area (Å²) in [5.41, 5.74) is -0.314. The van der Waals surface area contributed by atoms with E-state index in [0.717, 1.165) is 156 Å². The number of nitrogens with zero attached hydrogens (tertiary/aromatic N) is 2. The summed E-state index contributed by atoms with van der Waals surface area (Å²) in [7, 11) is -1.04. The quantitative estimate of drug-likeness (QED) is 0.0552. The molecule has 0 aliphatic carbocycles. The SMILES string of the molecule is C1COC(CC[PH+](CCC2OCCCO2)CCC2OCCCO2)OC1.C1COC(CC[PH+](CCC2OCCCO2)CCC2OCCCO2)OC1.CC1(C)OC/C(=C/[N-]CC[N-]/C=C2/COC(C)(C)C2=O)C1=O.[99Tc]. The standard InChI is InChI=1S/2C18H33O6P.C16H24N2O4.Tc/c2*1-7-19-16(20-8-1)4-13-25(14-5-17-21-9-2-10-22-17)15-6-18-23-11-3-12-24-18;1-15(2)13(19)11(9-21-15)7-17-5-6-18-8-12-10-22-16(3,4)14(12)20;/h2*16-18H,1-15H2;7-8H,5-6,9-10H2,1-4H3,(H2,17,18,19,20);/i;;;1+1. The fraction of sp³-hybridized carbons (Fsp3) is 0.885. The third kappa shape index (κ3) is 24.5. The fourth-order valence-electron chi connectivity index (χ4n) is 9.11. The van der Waals surface area contributed by atoms with Crippen molar-refractivity contribution in [2.75, 3.05) is 143 Å². The molecule has 0 atom stereocenters. The summed E-state index contributed by atoms with van der Waals surface area (Å²) >= 11 is 0. The van der Waals surface area contributed by atoms with Crippen LogP contribution in [-0.4, -0.2) is 203 Å². The van der Waals surface area contributed by atoms with E-state index in [1.54, 1.807) is 40.1 Å². The Balaban J connectivity index is 0.000000202. The van der Waals surface area contributed by atoms with Gasteiger partial charge >= 0.3 is 0 Å². The Bertz CT molecular complexity index is 1360. The topological polar surface area (TPSA) is 192 Å². The van der Waals surface area contributed by atoms with Crippen LogP contribution in [0.15, 0.2) is 23.5 Å². The molecule has 0 unspecified atom stereocenters. The van der Waals surface area contributed by atoms with E-state index in [2.05, 4.69) is 10.6 Å². The number of Topliss-reactive ketones (excluding diaryl/α,β-unsaturated/α-hetero) is 2. The van der Waals surface area contributed by atoms with E-state index in [1.165, 1.54) is 37.0 Å². The molecule has 0 aromatic rings. The number of carbonyl (C=O) groups excluding carboxylic acids is 2. The molecule has 8 rings (SSSR count). The maximum absolute atomic E-state index is 11.9. The molecule has 0 bridgehead atoms. The van der Waals surface area contributed by atoms with Gasteiger partial charge in [-0.2, -0.15) is 12.4 Å². The van der Waals surface area contributed by atoms with Gasteiger partial charge in [-0.3, -0.25) is 9.59 Å². The van der Waals surface area contributed by atoms with Gasteiger partial charge in [0.2, 0.25) is 0 Å². The van der Waals surface area contributed by atoms with Crippen LogP contribution in [0.5, 0.6) is 0 Å². The van der Waals surface area contributed by atoms with Crippen molar-refractivity contribution in [3.63, 3.8) is 0 Å². The maximum Gasteiger partial charge on any atom is 0.190 e. The van der Waals surface area contributed by atoms with Gasteiger partial charge in [0.25, 0.3) is 0 Å². The first-order valence-electron chi connectivity index (χ1n) is 27.2. The maximum atomic E-state index is 11.9. The molecule has 1 radical (unpaired) electrons. The molecule has 8 aliphatic heterocycles. The second-order valence-electron chi connectivity index (χ2n) is 20.3. The Morgan fingerprint density at radius 2 is 0.603 bits per heavy atom. The number of rotatable bonds is 23. The summed E-state index contributed by atoms with van der Waals surface area (Å²) in [6.45, 7) is 18.5. The first-order valence-corrected chi connectivity index (χ1v) is 31.4. The average molecular weight is 1160 g/mol. The third-order valence-corrected chi connectivity index (χ3v) is 19.5. The van der Waals surface area contributed by atoms with Gasteiger partial charge in [0.1, 0.15) is 11.2 Å². The van der Waals surface area contributed by atoms with Crippen molar-refractivity contribution in [1.29, 1.82) is 0 Å². The second-order valence-corrected chi connectivity index (χ2v) is 26.3. The van der Waals surface area contributed by atoms with Crippen molar-refractivity contribution in [1.82, 2.24) is 0 Å². The summed E-state index contributed by atoms with van der Waals surface area (Å²) in [5.74, 6) is -0.0440. The van der Waals surface area contributed by atoms with Crippen molar-refractivity contribution in [2.24, 2.45) is 0 Å². The number of ketones is 2. The Morgan fingerprint density at radius 3 is 0.781 bits per heavy atom. The molecule has 0 spiro atoms. The number of hydrogen-bond donors (Lipinski definition) is 0. The van der Waals surface area contributed by atoms with Crippen molar-refractivity contribution in [3.05, 3.63) is 34.2 Å². The van der Waals surface area contributed by atoms with Crippen molar-refractivity contribution < 1.29 is 96.0 Å². The van der Waals surface area contributed by atoms with E-state index < -0.39 is 27.0 Å². The van der Waals surface area contributed by atoms with Gasteiger partial charge in [0, 0.05) is 85.6 Å².